The second kappa shape index (κ2) is 9.90. The van der Waals surface area contributed by atoms with Crippen molar-refractivity contribution in [1.29, 1.82) is 0 Å². The smallest absolute Gasteiger partial charge is 0.239 e. The van der Waals surface area contributed by atoms with E-state index >= 15 is 0 Å². The van der Waals surface area contributed by atoms with Crippen molar-refractivity contribution >= 4 is 17.9 Å². The molecule has 1 aromatic carbocycles. The third kappa shape index (κ3) is 4.77. The summed E-state index contributed by atoms with van der Waals surface area (Å²) in [5.41, 5.74) is 0.961. The van der Waals surface area contributed by atoms with Gasteiger partial charge in [0.1, 0.15) is 23.0 Å². The summed E-state index contributed by atoms with van der Waals surface area (Å²) in [6.45, 7) is 3.63. The third-order valence-electron chi connectivity index (χ3n) is 4.82. The van der Waals surface area contributed by atoms with E-state index in [0.717, 1.165) is 0 Å². The van der Waals surface area contributed by atoms with Crippen molar-refractivity contribution in [2.75, 3.05) is 18.9 Å². The van der Waals surface area contributed by atoms with Gasteiger partial charge in [0.05, 0.1) is 32.4 Å². The molecule has 0 fully saturated rings. The van der Waals surface area contributed by atoms with Gasteiger partial charge in [-0.2, -0.15) is 0 Å². The third-order valence-corrected chi connectivity index (χ3v) is 5.69. The first-order valence-electron chi connectivity index (χ1n) is 10.1. The SMILES string of the molecule is COc1cccc(OC)c1-n1c(NSC(C)Cc2ncc(F)c(C)n2)nnc1-c1ccco1. The molecule has 4 aromatic rings. The van der Waals surface area contributed by atoms with Gasteiger partial charge < -0.3 is 13.9 Å². The lowest BCUT2D eigenvalue weighted by Gasteiger charge is -2.17. The average Bonchev–Trinajstić information content (AvgIpc) is 3.49. The predicted octanol–water partition coefficient (Wildman–Crippen LogP) is 4.47. The van der Waals surface area contributed by atoms with Crippen LogP contribution in [0.15, 0.2) is 47.2 Å². The van der Waals surface area contributed by atoms with Gasteiger partial charge in [-0.1, -0.05) is 13.0 Å². The van der Waals surface area contributed by atoms with E-state index in [1.165, 1.54) is 18.1 Å². The highest BCUT2D eigenvalue weighted by atomic mass is 32.2. The Hall–Kier alpha value is -3.60. The molecular formula is C22H23FN6O3S. The van der Waals surface area contributed by atoms with Crippen molar-refractivity contribution in [3.05, 3.63) is 60.1 Å². The molecule has 11 heteroatoms. The lowest BCUT2D eigenvalue weighted by Crippen LogP contribution is -2.11. The summed E-state index contributed by atoms with van der Waals surface area (Å²) in [5.74, 6) is 2.79. The first-order chi connectivity index (χ1) is 16.0. The van der Waals surface area contributed by atoms with Crippen LogP contribution in [-0.4, -0.2) is 44.2 Å². The van der Waals surface area contributed by atoms with Crippen LogP contribution in [0.5, 0.6) is 11.5 Å². The summed E-state index contributed by atoms with van der Waals surface area (Å²) >= 11 is 1.42. The molecule has 172 valence electrons. The van der Waals surface area contributed by atoms with Gasteiger partial charge in [-0.3, -0.25) is 9.29 Å². The van der Waals surface area contributed by atoms with E-state index in [9.17, 15) is 4.39 Å². The number of anilines is 1. The van der Waals surface area contributed by atoms with Crippen molar-refractivity contribution in [1.82, 2.24) is 24.7 Å². The summed E-state index contributed by atoms with van der Waals surface area (Å²) < 4.78 is 35.3. The lowest BCUT2D eigenvalue weighted by atomic mass is 10.2. The predicted molar refractivity (Wildman–Crippen MR) is 123 cm³/mol. The standard InChI is InChI=1S/C22H23FN6O3S/c1-13(11-19-24-12-15(23)14(2)25-19)33-28-22-27-26-21(18-9-6-10-32-18)29(22)20-16(30-3)7-5-8-17(20)31-4/h5-10,12-13H,11H2,1-4H3,(H,27,28). The van der Waals surface area contributed by atoms with Gasteiger partial charge >= 0.3 is 0 Å². The minimum absolute atomic E-state index is 0.0478. The first kappa shape index (κ1) is 22.6. The number of hydrogen-bond donors (Lipinski definition) is 1. The van der Waals surface area contributed by atoms with Crippen LogP contribution in [0.25, 0.3) is 17.3 Å². The molecule has 1 atom stereocenters. The van der Waals surface area contributed by atoms with Gasteiger partial charge in [0, 0.05) is 11.7 Å². The van der Waals surface area contributed by atoms with Crippen molar-refractivity contribution in [2.24, 2.45) is 0 Å². The highest BCUT2D eigenvalue weighted by Gasteiger charge is 2.24. The number of halogens is 1. The van der Waals surface area contributed by atoms with Crippen molar-refractivity contribution in [2.45, 2.75) is 25.5 Å². The van der Waals surface area contributed by atoms with Crippen LogP contribution < -0.4 is 14.2 Å². The van der Waals surface area contributed by atoms with E-state index in [0.29, 0.717) is 52.7 Å². The molecule has 0 aliphatic carbocycles. The minimum atomic E-state index is -0.415. The van der Waals surface area contributed by atoms with Crippen LogP contribution in [0.4, 0.5) is 10.3 Å². The Morgan fingerprint density at radius 2 is 1.91 bits per heavy atom. The van der Waals surface area contributed by atoms with Gasteiger partial charge in [-0.15, -0.1) is 10.2 Å². The molecule has 0 saturated heterocycles. The van der Waals surface area contributed by atoms with Crippen LogP contribution in [0.2, 0.25) is 0 Å². The summed E-state index contributed by atoms with van der Waals surface area (Å²) in [5, 5.41) is 8.72. The van der Waals surface area contributed by atoms with Gasteiger partial charge in [0.25, 0.3) is 0 Å². The van der Waals surface area contributed by atoms with E-state index in [4.69, 9.17) is 13.9 Å². The lowest BCUT2D eigenvalue weighted by molar-refractivity contribution is 0.391. The number of para-hydroxylation sites is 1. The Bertz CT molecular complexity index is 1210. The molecule has 0 amide bonds. The fourth-order valence-corrected chi connectivity index (χ4v) is 3.90. The molecule has 3 aromatic heterocycles. The molecule has 0 spiro atoms. The number of benzene rings is 1. The maximum absolute atomic E-state index is 13.5. The van der Waals surface area contributed by atoms with Gasteiger partial charge in [0.2, 0.25) is 11.8 Å². The number of furan rings is 1. The Morgan fingerprint density at radius 3 is 2.55 bits per heavy atom. The van der Waals surface area contributed by atoms with Gasteiger partial charge in [-0.25, -0.2) is 14.4 Å². The second-order valence-corrected chi connectivity index (χ2v) is 8.37. The quantitative estimate of drug-likeness (QED) is 0.355. The minimum Gasteiger partial charge on any atom is -0.494 e. The normalized spacial score (nSPS) is 11.9. The highest BCUT2D eigenvalue weighted by molar-refractivity contribution is 8.01. The maximum atomic E-state index is 13.5. The Kier molecular flexibility index (Phi) is 6.78. The molecule has 1 unspecified atom stereocenters. The van der Waals surface area contributed by atoms with E-state index in [1.54, 1.807) is 44.1 Å². The van der Waals surface area contributed by atoms with Crippen LogP contribution in [0, 0.1) is 12.7 Å². The summed E-state index contributed by atoms with van der Waals surface area (Å²) in [4.78, 5) is 8.29. The number of nitrogens with zero attached hydrogens (tertiary/aromatic N) is 5. The van der Waals surface area contributed by atoms with Crippen molar-refractivity contribution in [3.63, 3.8) is 0 Å². The number of ether oxygens (including phenoxy) is 2. The van der Waals surface area contributed by atoms with Crippen LogP contribution in [0.1, 0.15) is 18.4 Å². The summed E-state index contributed by atoms with van der Waals surface area (Å²) in [6.07, 6.45) is 3.31. The van der Waals surface area contributed by atoms with Crippen LogP contribution >= 0.6 is 11.9 Å². The van der Waals surface area contributed by atoms with Crippen LogP contribution in [-0.2, 0) is 6.42 Å². The second-order valence-electron chi connectivity index (χ2n) is 7.13. The zero-order valence-electron chi connectivity index (χ0n) is 18.6. The zero-order chi connectivity index (χ0) is 23.4. The fraction of sp³-hybridized carbons (Fsp3) is 0.273. The van der Waals surface area contributed by atoms with Gasteiger partial charge in [-0.05, 0) is 43.1 Å². The van der Waals surface area contributed by atoms with E-state index in [1.807, 2.05) is 25.1 Å². The van der Waals surface area contributed by atoms with Crippen LogP contribution in [0.3, 0.4) is 0 Å². The van der Waals surface area contributed by atoms with Crippen molar-refractivity contribution in [3.8, 4) is 28.8 Å². The monoisotopic (exact) mass is 470 g/mol. The number of aromatic nitrogens is 5. The molecule has 33 heavy (non-hydrogen) atoms. The number of nitrogens with one attached hydrogen (secondary N) is 1. The highest BCUT2D eigenvalue weighted by Crippen LogP contribution is 2.38. The van der Waals surface area contributed by atoms with E-state index in [-0.39, 0.29) is 5.25 Å². The largest absolute Gasteiger partial charge is 0.494 e. The molecule has 9 nitrogen and oxygen atoms in total. The molecule has 0 radical (unpaired) electrons. The zero-order valence-corrected chi connectivity index (χ0v) is 19.4. The molecule has 0 aliphatic heterocycles. The van der Waals surface area contributed by atoms with Crippen molar-refractivity contribution < 1.29 is 18.3 Å². The Balaban J connectivity index is 1.65. The average molecular weight is 471 g/mol. The maximum Gasteiger partial charge on any atom is 0.239 e. The topological polar surface area (TPSA) is 100 Å². The van der Waals surface area contributed by atoms with E-state index in [2.05, 4.69) is 24.9 Å². The van der Waals surface area contributed by atoms with E-state index < -0.39 is 5.82 Å². The molecule has 0 aliphatic rings. The number of aryl methyl sites for hydroxylation is 1. The summed E-state index contributed by atoms with van der Waals surface area (Å²) in [7, 11) is 3.17. The number of methoxy groups -OCH3 is 2. The summed E-state index contributed by atoms with van der Waals surface area (Å²) in [6, 6.07) is 9.08. The fourth-order valence-electron chi connectivity index (χ4n) is 3.23. The molecule has 0 saturated carbocycles. The molecule has 4 rings (SSSR count). The Morgan fingerprint density at radius 1 is 1.15 bits per heavy atom. The molecule has 3 heterocycles. The van der Waals surface area contributed by atoms with Gasteiger partial charge in [0.15, 0.2) is 11.6 Å². The number of hydrogen-bond acceptors (Lipinski definition) is 9. The first-order valence-corrected chi connectivity index (χ1v) is 11.0. The number of rotatable bonds is 9. The molecular weight excluding hydrogens is 447 g/mol. The Labute approximate surface area is 194 Å². The molecule has 0 bridgehead atoms. The molecule has 1 N–H and O–H groups in total.